The van der Waals surface area contributed by atoms with Crippen LogP contribution < -0.4 is 34.3 Å². The summed E-state index contributed by atoms with van der Waals surface area (Å²) in [6, 6.07) is 3.31. The van der Waals surface area contributed by atoms with Crippen LogP contribution in [0.25, 0.3) is 11.0 Å². The largest absolute Gasteiger partial charge is 1.00 e. The molecule has 19 heavy (non-hydrogen) atoms. The number of aromatic nitrogens is 2. The number of carbonyl (C=O) groups is 1. The third-order valence-corrected chi connectivity index (χ3v) is 2.38. The van der Waals surface area contributed by atoms with Gasteiger partial charge in [0.2, 0.25) is 5.43 Å². The van der Waals surface area contributed by atoms with E-state index in [1.165, 1.54) is 6.20 Å². The molecule has 1 amide bonds. The van der Waals surface area contributed by atoms with E-state index in [9.17, 15) is 9.59 Å². The Labute approximate surface area is 114 Å². The van der Waals surface area contributed by atoms with Gasteiger partial charge in [-0.3, -0.25) is 21.1 Å². The Bertz CT molecular complexity index is 719. The molecule has 0 aliphatic heterocycles. The van der Waals surface area contributed by atoms with Crippen LogP contribution in [0.2, 0.25) is 0 Å². The van der Waals surface area contributed by atoms with Crippen LogP contribution in [-0.2, 0) is 0 Å². The predicted molar refractivity (Wildman–Crippen MR) is 65.8 cm³/mol. The Balaban J connectivity index is 0.00000180. The van der Waals surface area contributed by atoms with Gasteiger partial charge in [0, 0.05) is 11.9 Å². The highest BCUT2D eigenvalue weighted by atomic mass is 35.5. The first kappa shape index (κ1) is 14.7. The van der Waals surface area contributed by atoms with Crippen molar-refractivity contribution in [3.05, 3.63) is 39.8 Å². The van der Waals surface area contributed by atoms with Gasteiger partial charge in [0.1, 0.15) is 11.2 Å². The zero-order valence-corrected chi connectivity index (χ0v) is 10.8. The van der Waals surface area contributed by atoms with Gasteiger partial charge < -0.3 is 17.4 Å². The van der Waals surface area contributed by atoms with E-state index < -0.39 is 11.3 Å². The van der Waals surface area contributed by atoms with Crippen molar-refractivity contribution >= 4 is 22.9 Å². The van der Waals surface area contributed by atoms with Crippen molar-refractivity contribution in [2.24, 2.45) is 11.5 Å². The lowest BCUT2D eigenvalue weighted by Crippen LogP contribution is -3.00. The first-order valence-electron chi connectivity index (χ1n) is 5.17. The number of pyridine rings is 2. The van der Waals surface area contributed by atoms with Crippen LogP contribution in [0.5, 0.6) is 0 Å². The van der Waals surface area contributed by atoms with Crippen molar-refractivity contribution in [1.82, 2.24) is 9.97 Å². The molecular formula is C11H12ClN5O2. The molecule has 0 atom stereocenters. The summed E-state index contributed by atoms with van der Waals surface area (Å²) in [5.41, 5.74) is 11.0. The summed E-state index contributed by atoms with van der Waals surface area (Å²) in [5.74, 6) is -0.916. The Morgan fingerprint density at radius 3 is 2.68 bits per heavy atom. The summed E-state index contributed by atoms with van der Waals surface area (Å²) in [6.45, 7) is 1.81. The van der Waals surface area contributed by atoms with Crippen LogP contribution in [0, 0.1) is 6.92 Å². The summed E-state index contributed by atoms with van der Waals surface area (Å²) in [4.78, 5) is 32.8. The van der Waals surface area contributed by atoms with Crippen molar-refractivity contribution in [3.8, 4) is 0 Å². The van der Waals surface area contributed by atoms with Crippen molar-refractivity contribution in [3.63, 3.8) is 0 Å². The number of fused-ring (bicyclic) bond motifs is 1. The number of halogens is 1. The monoisotopic (exact) mass is 281 g/mol. The summed E-state index contributed by atoms with van der Waals surface area (Å²) < 4.78 is 0. The number of amides is 1. The number of nitrogens with two attached hydrogens (primary N) is 2. The standard InChI is InChI=1S/C11H11N5O2.ClH/c1-5-2-3-6-8(17)7(4-14-9(6)15-5)10(18)16-11(12)13;/h2-4H,1H3,(H,14,15,17)(H4,12,13,16,18);1H. The van der Waals surface area contributed by atoms with Gasteiger partial charge in [0.25, 0.3) is 0 Å². The van der Waals surface area contributed by atoms with E-state index in [1.807, 2.05) is 6.92 Å². The second-order valence-corrected chi connectivity index (χ2v) is 3.79. The van der Waals surface area contributed by atoms with Crippen LogP contribution in [0.3, 0.4) is 0 Å². The molecular weight excluding hydrogens is 270 g/mol. The number of nitrogens with one attached hydrogen (secondary N) is 2. The lowest BCUT2D eigenvalue weighted by atomic mass is 10.2. The lowest BCUT2D eigenvalue weighted by Gasteiger charge is -2.00. The number of aromatic amines is 1. The molecule has 0 aliphatic carbocycles. The fraction of sp³-hybridized carbons (Fsp3) is 0.0909. The van der Waals surface area contributed by atoms with Gasteiger partial charge >= 0.3 is 11.9 Å². The van der Waals surface area contributed by atoms with Gasteiger partial charge in [-0.25, -0.2) is 9.98 Å². The maximum Gasteiger partial charge on any atom is 0.346 e. The van der Waals surface area contributed by atoms with Crippen LogP contribution in [0.15, 0.2) is 23.1 Å². The Morgan fingerprint density at radius 1 is 1.37 bits per heavy atom. The van der Waals surface area contributed by atoms with Gasteiger partial charge in [0.15, 0.2) is 0 Å². The molecule has 6 N–H and O–H groups in total. The maximum atomic E-state index is 12.1. The van der Waals surface area contributed by atoms with Crippen LogP contribution in [0.1, 0.15) is 16.1 Å². The number of guanidine groups is 1. The molecule has 0 unspecified atom stereocenters. The fourth-order valence-corrected chi connectivity index (χ4v) is 1.57. The SMILES string of the molecule is Cc1ccc2c(=O)c(C(=O)[NH+]=C(N)N)c[nH]c2n1.[Cl-]. The molecule has 0 aliphatic rings. The number of hydrogen-bond acceptors (Lipinski definition) is 3. The summed E-state index contributed by atoms with van der Waals surface area (Å²) in [5, 5.41) is 0.337. The van der Waals surface area contributed by atoms with Gasteiger partial charge in [-0.1, -0.05) is 0 Å². The minimum atomic E-state index is -0.654. The number of H-pyrrole nitrogens is 1. The normalized spacial score (nSPS) is 9.74. The lowest BCUT2D eigenvalue weighted by molar-refractivity contribution is -0.347. The highest BCUT2D eigenvalue weighted by Gasteiger charge is 2.14. The zero-order chi connectivity index (χ0) is 13.3. The highest BCUT2D eigenvalue weighted by molar-refractivity contribution is 5.92. The van der Waals surface area contributed by atoms with Crippen LogP contribution in [0.4, 0.5) is 0 Å². The number of aryl methyl sites for hydroxylation is 1. The van der Waals surface area contributed by atoms with E-state index in [0.717, 1.165) is 5.69 Å². The molecule has 0 radical (unpaired) electrons. The molecule has 0 saturated heterocycles. The molecule has 0 bridgehead atoms. The quantitative estimate of drug-likeness (QED) is 0.307. The van der Waals surface area contributed by atoms with Gasteiger partial charge in [0.05, 0.1) is 5.39 Å². The smallest absolute Gasteiger partial charge is 0.346 e. The topological polar surface area (TPSA) is 129 Å². The first-order chi connectivity index (χ1) is 8.49. The number of nitrogens with zero attached hydrogens (tertiary/aromatic N) is 1. The second-order valence-electron chi connectivity index (χ2n) is 3.79. The number of hydrogen-bond donors (Lipinski definition) is 4. The van der Waals surface area contributed by atoms with Crippen molar-refractivity contribution in [2.45, 2.75) is 6.92 Å². The van der Waals surface area contributed by atoms with Crippen LogP contribution >= 0.6 is 0 Å². The van der Waals surface area contributed by atoms with Crippen LogP contribution in [-0.4, -0.2) is 21.8 Å². The van der Waals surface area contributed by atoms with E-state index in [1.54, 1.807) is 12.1 Å². The fourth-order valence-electron chi connectivity index (χ4n) is 1.57. The molecule has 0 aromatic carbocycles. The number of carbonyl (C=O) groups excluding carboxylic acids is 1. The predicted octanol–water partition coefficient (Wildman–Crippen LogP) is -5.27. The average Bonchev–Trinajstić information content (AvgIpc) is 2.27. The van der Waals surface area contributed by atoms with Crippen molar-refractivity contribution in [2.75, 3.05) is 0 Å². The molecule has 0 spiro atoms. The first-order valence-corrected chi connectivity index (χ1v) is 5.17. The molecule has 0 saturated carbocycles. The minimum Gasteiger partial charge on any atom is -1.00 e. The van der Waals surface area contributed by atoms with Crippen molar-refractivity contribution < 1.29 is 22.2 Å². The summed E-state index contributed by atoms with van der Waals surface area (Å²) in [7, 11) is 0. The Hall–Kier alpha value is -2.41. The number of rotatable bonds is 1. The molecule has 2 heterocycles. The summed E-state index contributed by atoms with van der Waals surface area (Å²) >= 11 is 0. The molecule has 100 valence electrons. The van der Waals surface area contributed by atoms with Gasteiger partial charge in [-0.15, -0.1) is 0 Å². The Kier molecular flexibility index (Phi) is 4.23. The molecule has 2 rings (SSSR count). The molecule has 0 fully saturated rings. The Morgan fingerprint density at radius 2 is 2.05 bits per heavy atom. The molecule has 8 heteroatoms. The molecule has 2 aromatic heterocycles. The third-order valence-electron chi connectivity index (χ3n) is 2.38. The minimum absolute atomic E-state index is 0. The second kappa shape index (κ2) is 5.49. The summed E-state index contributed by atoms with van der Waals surface area (Å²) in [6.07, 6.45) is 1.29. The van der Waals surface area contributed by atoms with Gasteiger partial charge in [-0.05, 0) is 19.1 Å². The van der Waals surface area contributed by atoms with E-state index >= 15 is 0 Å². The molecule has 2 aromatic rings. The van der Waals surface area contributed by atoms with E-state index in [4.69, 9.17) is 11.5 Å². The van der Waals surface area contributed by atoms with Gasteiger partial charge in [-0.2, -0.15) is 0 Å². The molecule has 7 nitrogen and oxygen atoms in total. The zero-order valence-electron chi connectivity index (χ0n) is 10.0. The average molecular weight is 282 g/mol. The maximum absolute atomic E-state index is 12.1. The third kappa shape index (κ3) is 2.89. The highest BCUT2D eigenvalue weighted by Crippen LogP contribution is 2.05. The van der Waals surface area contributed by atoms with Crippen molar-refractivity contribution in [1.29, 1.82) is 0 Å². The van der Waals surface area contributed by atoms with E-state index in [0.29, 0.717) is 11.0 Å². The van der Waals surface area contributed by atoms with E-state index in [2.05, 4.69) is 15.0 Å². The van der Waals surface area contributed by atoms with E-state index in [-0.39, 0.29) is 23.9 Å².